The molecule has 130 valence electrons. The predicted octanol–water partition coefficient (Wildman–Crippen LogP) is 6.42. The zero-order valence-corrected chi connectivity index (χ0v) is 16.5. The quantitative estimate of drug-likeness (QED) is 0.482. The maximum absolute atomic E-state index is 5.98. The van der Waals surface area contributed by atoms with Gasteiger partial charge in [-0.1, -0.05) is 74.9 Å². The van der Waals surface area contributed by atoms with E-state index in [2.05, 4.69) is 54.9 Å². The zero-order chi connectivity index (χ0) is 16.7. The molecule has 0 aliphatic carbocycles. The summed E-state index contributed by atoms with van der Waals surface area (Å²) in [7, 11) is 0. The highest BCUT2D eigenvalue weighted by molar-refractivity contribution is 9.10. The van der Waals surface area contributed by atoms with E-state index in [9.17, 15) is 0 Å². The molecule has 0 aromatic heterocycles. The van der Waals surface area contributed by atoms with Gasteiger partial charge < -0.3 is 9.47 Å². The number of benzene rings is 1. The Labute approximate surface area is 150 Å². The van der Waals surface area contributed by atoms with E-state index in [1.54, 1.807) is 0 Å². The third-order valence-corrected chi connectivity index (χ3v) is 4.90. The van der Waals surface area contributed by atoms with Gasteiger partial charge in [-0.15, -0.1) is 0 Å². The van der Waals surface area contributed by atoms with Gasteiger partial charge in [-0.25, -0.2) is 0 Å². The van der Waals surface area contributed by atoms with Crippen molar-refractivity contribution in [3.8, 4) is 0 Å². The van der Waals surface area contributed by atoms with E-state index in [1.807, 2.05) is 0 Å². The summed E-state index contributed by atoms with van der Waals surface area (Å²) >= 11 is 3.60. The lowest BCUT2D eigenvalue weighted by Gasteiger charge is -2.35. The maximum Gasteiger partial charge on any atom is 0.184 e. The fourth-order valence-corrected chi connectivity index (χ4v) is 3.40. The van der Waals surface area contributed by atoms with Crippen LogP contribution in [0.1, 0.15) is 76.7 Å². The van der Waals surface area contributed by atoms with E-state index in [0.29, 0.717) is 0 Å². The molecular weight excluding hydrogens is 352 g/mol. The first kappa shape index (κ1) is 19.0. The minimum absolute atomic E-state index is 0.116. The topological polar surface area (TPSA) is 18.5 Å². The van der Waals surface area contributed by atoms with Crippen molar-refractivity contribution in [1.82, 2.24) is 0 Å². The number of hydrogen-bond donors (Lipinski definition) is 0. The highest BCUT2D eigenvalue weighted by atomic mass is 79.9. The van der Waals surface area contributed by atoms with Crippen LogP contribution in [0.4, 0.5) is 0 Å². The lowest BCUT2D eigenvalue weighted by atomic mass is 9.94. The maximum atomic E-state index is 5.98. The summed E-state index contributed by atoms with van der Waals surface area (Å²) in [4.78, 5) is 0. The number of hydrogen-bond acceptors (Lipinski definition) is 2. The van der Waals surface area contributed by atoms with Gasteiger partial charge in [0.2, 0.25) is 0 Å². The fourth-order valence-electron chi connectivity index (χ4n) is 2.99. The van der Waals surface area contributed by atoms with Gasteiger partial charge in [-0.2, -0.15) is 0 Å². The standard InChI is InChI=1S/C20H31BrO2/c1-4-5-6-7-8-9-10-16-13-17(21)11-12-18(16)19-22-14-20(2,3)15-23-19/h11-13,19H,4-10,14-15H2,1-3H3. The number of unbranched alkanes of at least 4 members (excludes halogenated alkanes) is 5. The molecule has 23 heavy (non-hydrogen) atoms. The van der Waals surface area contributed by atoms with Crippen molar-refractivity contribution in [2.75, 3.05) is 13.2 Å². The molecule has 2 nitrogen and oxygen atoms in total. The summed E-state index contributed by atoms with van der Waals surface area (Å²) in [6, 6.07) is 6.47. The zero-order valence-electron chi connectivity index (χ0n) is 14.9. The first-order chi connectivity index (χ1) is 11.0. The molecular formula is C20H31BrO2. The minimum atomic E-state index is -0.203. The van der Waals surface area contributed by atoms with Crippen LogP contribution < -0.4 is 0 Å². The Bertz CT molecular complexity index is 475. The van der Waals surface area contributed by atoms with E-state index >= 15 is 0 Å². The lowest BCUT2D eigenvalue weighted by molar-refractivity contribution is -0.226. The van der Waals surface area contributed by atoms with Crippen LogP contribution in [0.15, 0.2) is 22.7 Å². The van der Waals surface area contributed by atoms with E-state index in [1.165, 1.54) is 49.7 Å². The monoisotopic (exact) mass is 382 g/mol. The number of ether oxygens (including phenoxy) is 2. The van der Waals surface area contributed by atoms with E-state index in [0.717, 1.165) is 24.1 Å². The Morgan fingerprint density at radius 2 is 1.70 bits per heavy atom. The molecule has 0 radical (unpaired) electrons. The van der Waals surface area contributed by atoms with Crippen molar-refractivity contribution < 1.29 is 9.47 Å². The average Bonchev–Trinajstić information content (AvgIpc) is 2.51. The van der Waals surface area contributed by atoms with Crippen LogP contribution in [0.5, 0.6) is 0 Å². The third-order valence-electron chi connectivity index (χ3n) is 4.41. The summed E-state index contributed by atoms with van der Waals surface area (Å²) < 4.78 is 13.1. The van der Waals surface area contributed by atoms with Crippen molar-refractivity contribution >= 4 is 15.9 Å². The third kappa shape index (κ3) is 6.21. The normalized spacial score (nSPS) is 18.3. The number of halogens is 1. The Morgan fingerprint density at radius 1 is 1.04 bits per heavy atom. The smallest absolute Gasteiger partial charge is 0.184 e. The van der Waals surface area contributed by atoms with E-state index in [-0.39, 0.29) is 11.7 Å². The first-order valence-corrected chi connectivity index (χ1v) is 9.83. The van der Waals surface area contributed by atoms with Gasteiger partial charge in [0.1, 0.15) is 0 Å². The first-order valence-electron chi connectivity index (χ1n) is 9.03. The van der Waals surface area contributed by atoms with Crippen LogP contribution in [0.25, 0.3) is 0 Å². The molecule has 1 fully saturated rings. The summed E-state index contributed by atoms with van der Waals surface area (Å²) in [5, 5.41) is 0. The van der Waals surface area contributed by atoms with Gasteiger partial charge in [0, 0.05) is 15.5 Å². The molecule has 1 saturated heterocycles. The fraction of sp³-hybridized carbons (Fsp3) is 0.700. The van der Waals surface area contributed by atoms with Gasteiger partial charge in [0.25, 0.3) is 0 Å². The Morgan fingerprint density at radius 3 is 2.39 bits per heavy atom. The second kappa shape index (κ2) is 9.19. The van der Waals surface area contributed by atoms with Gasteiger partial charge in [-0.3, -0.25) is 0 Å². The Hall–Kier alpha value is -0.380. The number of aryl methyl sites for hydroxylation is 1. The highest BCUT2D eigenvalue weighted by Gasteiger charge is 2.30. The van der Waals surface area contributed by atoms with E-state index in [4.69, 9.17) is 9.47 Å². The van der Waals surface area contributed by atoms with Gasteiger partial charge in [-0.05, 0) is 30.5 Å². The van der Waals surface area contributed by atoms with Crippen molar-refractivity contribution in [2.24, 2.45) is 5.41 Å². The van der Waals surface area contributed by atoms with Crippen molar-refractivity contribution in [3.05, 3.63) is 33.8 Å². The molecule has 1 aromatic rings. The van der Waals surface area contributed by atoms with Crippen LogP contribution in [0, 0.1) is 5.41 Å². The van der Waals surface area contributed by atoms with Crippen molar-refractivity contribution in [2.45, 2.75) is 72.0 Å². The molecule has 1 aromatic carbocycles. The summed E-state index contributed by atoms with van der Waals surface area (Å²) in [6.07, 6.45) is 8.84. The second-order valence-corrected chi connectivity index (χ2v) is 8.39. The van der Waals surface area contributed by atoms with Crippen molar-refractivity contribution in [1.29, 1.82) is 0 Å². The molecule has 0 N–H and O–H groups in total. The van der Waals surface area contributed by atoms with Gasteiger partial charge in [0.05, 0.1) is 13.2 Å². The van der Waals surface area contributed by atoms with Gasteiger partial charge >= 0.3 is 0 Å². The molecule has 0 atom stereocenters. The van der Waals surface area contributed by atoms with Crippen LogP contribution in [0.3, 0.4) is 0 Å². The summed E-state index contributed by atoms with van der Waals surface area (Å²) in [5.41, 5.74) is 2.68. The average molecular weight is 383 g/mol. The van der Waals surface area contributed by atoms with Crippen LogP contribution in [0.2, 0.25) is 0 Å². The van der Waals surface area contributed by atoms with Crippen molar-refractivity contribution in [3.63, 3.8) is 0 Å². The minimum Gasteiger partial charge on any atom is -0.348 e. The molecule has 0 bridgehead atoms. The Balaban J connectivity index is 1.92. The lowest BCUT2D eigenvalue weighted by Crippen LogP contribution is -2.34. The van der Waals surface area contributed by atoms with E-state index < -0.39 is 0 Å². The molecule has 3 heteroatoms. The second-order valence-electron chi connectivity index (χ2n) is 7.48. The summed E-state index contributed by atoms with van der Waals surface area (Å²) in [6.45, 7) is 8.14. The highest BCUT2D eigenvalue weighted by Crippen LogP contribution is 2.34. The largest absolute Gasteiger partial charge is 0.348 e. The summed E-state index contributed by atoms with van der Waals surface area (Å²) in [5.74, 6) is 0. The van der Waals surface area contributed by atoms with Gasteiger partial charge in [0.15, 0.2) is 6.29 Å². The molecule has 2 rings (SSSR count). The van der Waals surface area contributed by atoms with Crippen LogP contribution >= 0.6 is 15.9 Å². The molecule has 0 amide bonds. The molecule has 1 aliphatic rings. The molecule has 0 spiro atoms. The molecule has 0 saturated carbocycles. The number of rotatable bonds is 8. The Kier molecular flexibility index (Phi) is 7.58. The van der Waals surface area contributed by atoms with Crippen LogP contribution in [-0.4, -0.2) is 13.2 Å². The van der Waals surface area contributed by atoms with Crippen LogP contribution in [-0.2, 0) is 15.9 Å². The predicted molar refractivity (Wildman–Crippen MR) is 99.6 cm³/mol. The molecule has 1 aliphatic heterocycles. The molecule has 1 heterocycles. The molecule has 0 unspecified atom stereocenters. The SMILES string of the molecule is CCCCCCCCc1cc(Br)ccc1C1OCC(C)(C)CO1.